The SMILES string of the molecule is O=C(O)c1ccc(I)c(Oc2nccc3ccccc23)c1. The van der Waals surface area contributed by atoms with Crippen LogP contribution in [-0.2, 0) is 0 Å². The van der Waals surface area contributed by atoms with Crippen LogP contribution in [0.5, 0.6) is 11.6 Å². The highest BCUT2D eigenvalue weighted by molar-refractivity contribution is 14.1. The van der Waals surface area contributed by atoms with Crippen LogP contribution in [-0.4, -0.2) is 16.1 Å². The third-order valence-corrected chi connectivity index (χ3v) is 3.91. The topological polar surface area (TPSA) is 59.4 Å². The highest BCUT2D eigenvalue weighted by Crippen LogP contribution is 2.31. The number of carboxylic acid groups (broad SMARTS) is 1. The van der Waals surface area contributed by atoms with E-state index in [9.17, 15) is 4.79 Å². The van der Waals surface area contributed by atoms with E-state index >= 15 is 0 Å². The number of ether oxygens (including phenoxy) is 1. The maximum atomic E-state index is 11.1. The number of hydrogen-bond donors (Lipinski definition) is 1. The van der Waals surface area contributed by atoms with Gasteiger partial charge in [0.05, 0.1) is 9.13 Å². The van der Waals surface area contributed by atoms with Gasteiger partial charge in [0.25, 0.3) is 0 Å². The van der Waals surface area contributed by atoms with Crippen LogP contribution < -0.4 is 4.74 Å². The lowest BCUT2D eigenvalue weighted by molar-refractivity contribution is 0.0696. The first-order valence-corrected chi connectivity index (χ1v) is 7.27. The summed E-state index contributed by atoms with van der Waals surface area (Å²) in [6, 6.07) is 14.4. The third kappa shape index (κ3) is 2.82. The lowest BCUT2D eigenvalue weighted by atomic mass is 10.2. The number of rotatable bonds is 3. The Hall–Kier alpha value is -2.15. The minimum absolute atomic E-state index is 0.186. The van der Waals surface area contributed by atoms with Gasteiger partial charge in [-0.2, -0.15) is 0 Å². The van der Waals surface area contributed by atoms with Gasteiger partial charge < -0.3 is 9.84 Å². The number of halogens is 1. The van der Waals surface area contributed by atoms with E-state index in [-0.39, 0.29) is 5.56 Å². The molecule has 21 heavy (non-hydrogen) atoms. The van der Waals surface area contributed by atoms with Crippen molar-refractivity contribution in [1.82, 2.24) is 4.98 Å². The Morgan fingerprint density at radius 3 is 2.76 bits per heavy atom. The zero-order chi connectivity index (χ0) is 14.8. The Kier molecular flexibility index (Phi) is 3.74. The molecule has 0 aliphatic carbocycles. The second-order valence-electron chi connectivity index (χ2n) is 4.39. The van der Waals surface area contributed by atoms with Crippen LogP contribution in [0.2, 0.25) is 0 Å². The van der Waals surface area contributed by atoms with Crippen LogP contribution in [0, 0.1) is 3.57 Å². The van der Waals surface area contributed by atoms with Crippen LogP contribution in [0.4, 0.5) is 0 Å². The highest BCUT2D eigenvalue weighted by Gasteiger charge is 2.11. The van der Waals surface area contributed by atoms with Crippen LogP contribution in [0.1, 0.15) is 10.4 Å². The molecule has 0 spiro atoms. The summed E-state index contributed by atoms with van der Waals surface area (Å²) >= 11 is 2.11. The number of benzene rings is 2. The van der Waals surface area contributed by atoms with E-state index in [1.807, 2.05) is 30.3 Å². The monoisotopic (exact) mass is 391 g/mol. The maximum absolute atomic E-state index is 11.1. The maximum Gasteiger partial charge on any atom is 0.335 e. The summed E-state index contributed by atoms with van der Waals surface area (Å²) in [6.45, 7) is 0. The van der Waals surface area contributed by atoms with E-state index in [1.165, 1.54) is 6.07 Å². The summed E-state index contributed by atoms with van der Waals surface area (Å²) < 4.78 is 6.66. The minimum Gasteiger partial charge on any atom is -0.478 e. The second-order valence-corrected chi connectivity index (χ2v) is 5.55. The van der Waals surface area contributed by atoms with Crippen molar-refractivity contribution in [2.75, 3.05) is 0 Å². The summed E-state index contributed by atoms with van der Waals surface area (Å²) in [4.78, 5) is 15.3. The van der Waals surface area contributed by atoms with Crippen molar-refractivity contribution < 1.29 is 14.6 Å². The average molecular weight is 391 g/mol. The van der Waals surface area contributed by atoms with Gasteiger partial charge in [-0.05, 0) is 58.3 Å². The second kappa shape index (κ2) is 5.69. The van der Waals surface area contributed by atoms with Crippen molar-refractivity contribution in [2.24, 2.45) is 0 Å². The van der Waals surface area contributed by atoms with Gasteiger partial charge in [0.1, 0.15) is 5.75 Å². The van der Waals surface area contributed by atoms with Gasteiger partial charge in [-0.15, -0.1) is 0 Å². The van der Waals surface area contributed by atoms with Crippen LogP contribution in [0.3, 0.4) is 0 Å². The molecule has 3 aromatic rings. The van der Waals surface area contributed by atoms with Crippen molar-refractivity contribution in [2.45, 2.75) is 0 Å². The zero-order valence-electron chi connectivity index (χ0n) is 10.8. The Morgan fingerprint density at radius 1 is 1.14 bits per heavy atom. The lowest BCUT2D eigenvalue weighted by Crippen LogP contribution is -1.98. The molecule has 1 N–H and O–H groups in total. The Morgan fingerprint density at radius 2 is 1.95 bits per heavy atom. The molecule has 0 amide bonds. The minimum atomic E-state index is -0.984. The molecule has 104 valence electrons. The van der Waals surface area contributed by atoms with Crippen molar-refractivity contribution in [3.05, 3.63) is 63.9 Å². The summed E-state index contributed by atoms with van der Waals surface area (Å²) in [5.74, 6) is -0.0324. The molecule has 1 heterocycles. The molecule has 0 atom stereocenters. The quantitative estimate of drug-likeness (QED) is 0.676. The van der Waals surface area contributed by atoms with Crippen LogP contribution in [0.25, 0.3) is 10.8 Å². The van der Waals surface area contributed by atoms with Crippen molar-refractivity contribution in [3.63, 3.8) is 0 Å². The third-order valence-electron chi connectivity index (χ3n) is 3.02. The molecule has 0 saturated heterocycles. The van der Waals surface area contributed by atoms with Gasteiger partial charge in [-0.3, -0.25) is 0 Å². The van der Waals surface area contributed by atoms with Gasteiger partial charge in [0, 0.05) is 11.6 Å². The molecule has 0 bridgehead atoms. The van der Waals surface area contributed by atoms with E-state index in [1.54, 1.807) is 18.3 Å². The smallest absolute Gasteiger partial charge is 0.335 e. The fourth-order valence-corrected chi connectivity index (χ4v) is 2.44. The van der Waals surface area contributed by atoms with E-state index in [2.05, 4.69) is 27.6 Å². The van der Waals surface area contributed by atoms with E-state index in [0.717, 1.165) is 14.3 Å². The van der Waals surface area contributed by atoms with Gasteiger partial charge in [0.15, 0.2) is 0 Å². The number of carboxylic acids is 1. The van der Waals surface area contributed by atoms with Crippen LogP contribution >= 0.6 is 22.6 Å². The number of hydrogen-bond acceptors (Lipinski definition) is 3. The normalized spacial score (nSPS) is 10.5. The first-order chi connectivity index (χ1) is 10.1. The predicted molar refractivity (Wildman–Crippen MR) is 87.9 cm³/mol. The molecule has 3 rings (SSSR count). The number of aromatic nitrogens is 1. The molecule has 5 heteroatoms. The molecule has 0 saturated carbocycles. The Labute approximate surface area is 134 Å². The standard InChI is InChI=1S/C16H10INO3/c17-13-6-5-11(16(19)20)9-14(13)21-15-12-4-2-1-3-10(12)7-8-18-15/h1-9H,(H,19,20). The number of pyridine rings is 1. The molecule has 0 aliphatic heterocycles. The molecule has 0 fully saturated rings. The van der Waals surface area contributed by atoms with E-state index in [0.29, 0.717) is 11.6 Å². The zero-order valence-corrected chi connectivity index (χ0v) is 12.9. The van der Waals surface area contributed by atoms with Gasteiger partial charge >= 0.3 is 5.97 Å². The molecule has 0 aliphatic rings. The lowest BCUT2D eigenvalue weighted by Gasteiger charge is -2.10. The number of fused-ring (bicyclic) bond motifs is 1. The summed E-state index contributed by atoms with van der Waals surface area (Å²) in [7, 11) is 0. The Balaban J connectivity index is 2.06. The van der Waals surface area contributed by atoms with Gasteiger partial charge in [0.2, 0.25) is 5.88 Å². The van der Waals surface area contributed by atoms with Gasteiger partial charge in [-0.25, -0.2) is 9.78 Å². The predicted octanol–water partition coefficient (Wildman–Crippen LogP) is 4.33. The summed E-state index contributed by atoms with van der Waals surface area (Å²) in [5, 5.41) is 11.0. The summed E-state index contributed by atoms with van der Waals surface area (Å²) in [6.07, 6.45) is 1.67. The molecule has 0 unspecified atom stereocenters. The molecule has 0 radical (unpaired) electrons. The number of nitrogens with zero attached hydrogens (tertiary/aromatic N) is 1. The van der Waals surface area contributed by atoms with Crippen molar-refractivity contribution in [1.29, 1.82) is 0 Å². The largest absolute Gasteiger partial charge is 0.478 e. The van der Waals surface area contributed by atoms with Gasteiger partial charge in [-0.1, -0.05) is 18.2 Å². The van der Waals surface area contributed by atoms with E-state index < -0.39 is 5.97 Å². The van der Waals surface area contributed by atoms with E-state index in [4.69, 9.17) is 9.84 Å². The molecule has 4 nitrogen and oxygen atoms in total. The average Bonchev–Trinajstić information content (AvgIpc) is 2.49. The summed E-state index contributed by atoms with van der Waals surface area (Å²) in [5.41, 5.74) is 0.186. The highest BCUT2D eigenvalue weighted by atomic mass is 127. The molecular weight excluding hydrogens is 381 g/mol. The van der Waals surface area contributed by atoms with Crippen molar-refractivity contribution >= 4 is 39.3 Å². The molecular formula is C16H10INO3. The molecule has 2 aromatic carbocycles. The van der Waals surface area contributed by atoms with Crippen LogP contribution in [0.15, 0.2) is 54.7 Å². The first-order valence-electron chi connectivity index (χ1n) is 6.19. The number of carbonyl (C=O) groups is 1. The molecule has 1 aromatic heterocycles. The fraction of sp³-hybridized carbons (Fsp3) is 0. The fourth-order valence-electron chi connectivity index (χ4n) is 1.99. The van der Waals surface area contributed by atoms with Crippen molar-refractivity contribution in [3.8, 4) is 11.6 Å². The number of aromatic carboxylic acids is 1. The Bertz CT molecular complexity index is 827. The first kappa shape index (κ1) is 13.8.